The molecule has 0 saturated carbocycles. The predicted molar refractivity (Wildman–Crippen MR) is 134 cm³/mol. The maximum atomic E-state index is 10.0. The summed E-state index contributed by atoms with van der Waals surface area (Å²) in [6.45, 7) is 7.67. The van der Waals surface area contributed by atoms with Crippen LogP contribution < -0.4 is 10.5 Å². The zero-order valence-electron chi connectivity index (χ0n) is 18.2. The number of nitrogens with zero attached hydrogens (tertiary/aromatic N) is 4. The summed E-state index contributed by atoms with van der Waals surface area (Å²) in [6, 6.07) is 16.3. The summed E-state index contributed by atoms with van der Waals surface area (Å²) in [5.74, 6) is 1.55. The van der Waals surface area contributed by atoms with E-state index in [0.29, 0.717) is 44.1 Å². The van der Waals surface area contributed by atoms with Crippen molar-refractivity contribution in [2.75, 3.05) is 18.9 Å². The van der Waals surface area contributed by atoms with Gasteiger partial charge in [-0.2, -0.15) is 5.26 Å². The van der Waals surface area contributed by atoms with E-state index in [2.05, 4.69) is 20.9 Å². The molecule has 0 atom stereocenters. The Kier molecular flexibility index (Phi) is 7.54. The summed E-state index contributed by atoms with van der Waals surface area (Å²) in [5.41, 5.74) is 9.01. The van der Waals surface area contributed by atoms with Crippen LogP contribution in [0.15, 0.2) is 64.4 Å². The molecule has 4 rings (SSSR count). The predicted octanol–water partition coefficient (Wildman–Crippen LogP) is 5.73. The Labute approximate surface area is 210 Å². The first-order valence-electron chi connectivity index (χ1n) is 10.3. The van der Waals surface area contributed by atoms with E-state index in [0.717, 1.165) is 5.56 Å². The molecule has 0 radical (unpaired) electrons. The Morgan fingerprint density at radius 2 is 1.89 bits per heavy atom. The number of aromatic nitrogens is 2. The summed E-state index contributed by atoms with van der Waals surface area (Å²) in [6.07, 6.45) is 1.36. The van der Waals surface area contributed by atoms with E-state index in [9.17, 15) is 5.26 Å². The van der Waals surface area contributed by atoms with Crippen LogP contribution in [0.2, 0.25) is 5.02 Å². The number of halogens is 1. The number of rotatable bonds is 8. The normalized spacial score (nSPS) is 10.5. The van der Waals surface area contributed by atoms with Gasteiger partial charge in [-0.3, -0.25) is 0 Å². The number of nitrogens with two attached hydrogens (primary N) is 1. The maximum Gasteiger partial charge on any atom is 0.236 e. The van der Waals surface area contributed by atoms with Crippen molar-refractivity contribution in [3.05, 3.63) is 82.6 Å². The average Bonchev–Trinajstić information content (AvgIpc) is 3.35. The third-order valence-corrected chi connectivity index (χ3v) is 6.22. The van der Waals surface area contributed by atoms with E-state index in [1.54, 1.807) is 36.4 Å². The van der Waals surface area contributed by atoms with Crippen molar-refractivity contribution < 1.29 is 14.3 Å². The quantitative estimate of drug-likeness (QED) is 0.231. The molecule has 2 aromatic carbocycles. The minimum Gasteiger partial charge on any atom is -0.491 e. The summed E-state index contributed by atoms with van der Waals surface area (Å²) >= 11 is 7.26. The molecule has 0 bridgehead atoms. The number of anilines is 1. The van der Waals surface area contributed by atoms with Crippen molar-refractivity contribution in [2.45, 2.75) is 10.8 Å². The van der Waals surface area contributed by atoms with Gasteiger partial charge in [-0.15, -0.1) is 0 Å². The third-order valence-electron chi connectivity index (χ3n) is 4.99. The zero-order valence-corrected chi connectivity index (χ0v) is 19.8. The minimum absolute atomic E-state index is 0.0372. The van der Waals surface area contributed by atoms with Crippen LogP contribution in [0.25, 0.3) is 27.3 Å². The number of pyridine rings is 1. The summed E-state index contributed by atoms with van der Waals surface area (Å²) < 4.78 is 11.0. The first-order chi connectivity index (χ1) is 17.0. The van der Waals surface area contributed by atoms with Gasteiger partial charge >= 0.3 is 0 Å². The molecule has 35 heavy (non-hydrogen) atoms. The number of ether oxygens (including phenoxy) is 1. The topological polar surface area (TPSA) is 123 Å². The highest BCUT2D eigenvalue weighted by molar-refractivity contribution is 7.98. The first-order valence-corrected chi connectivity index (χ1v) is 11.7. The lowest BCUT2D eigenvalue weighted by Crippen LogP contribution is -2.02. The lowest BCUT2D eigenvalue weighted by molar-refractivity contribution is 0.201. The van der Waals surface area contributed by atoms with Crippen LogP contribution in [0.1, 0.15) is 11.3 Å². The third kappa shape index (κ3) is 5.23. The molecule has 2 aromatic heterocycles. The van der Waals surface area contributed by atoms with Crippen molar-refractivity contribution in [1.29, 1.82) is 5.26 Å². The number of aliphatic hydroxyl groups is 1. The summed E-state index contributed by atoms with van der Waals surface area (Å²) in [7, 11) is 0. The van der Waals surface area contributed by atoms with Gasteiger partial charge in [0.15, 0.2) is 12.2 Å². The molecular formula is C25H18ClN5O3S. The van der Waals surface area contributed by atoms with Crippen LogP contribution in [0.5, 0.6) is 5.75 Å². The van der Waals surface area contributed by atoms with Crippen LogP contribution in [-0.4, -0.2) is 28.3 Å². The van der Waals surface area contributed by atoms with Gasteiger partial charge < -0.3 is 20.0 Å². The number of thioether (sulfide) groups is 1. The Bertz CT molecular complexity index is 1420. The zero-order chi connectivity index (χ0) is 24.8. The van der Waals surface area contributed by atoms with Crippen LogP contribution in [0, 0.1) is 17.9 Å². The van der Waals surface area contributed by atoms with E-state index in [-0.39, 0.29) is 30.3 Å². The van der Waals surface area contributed by atoms with Gasteiger partial charge in [0.05, 0.1) is 24.4 Å². The smallest absolute Gasteiger partial charge is 0.236 e. The first kappa shape index (κ1) is 24.1. The summed E-state index contributed by atoms with van der Waals surface area (Å²) in [5, 5.41) is 19.9. The van der Waals surface area contributed by atoms with E-state index in [4.69, 9.17) is 38.2 Å². The molecule has 0 amide bonds. The molecule has 10 heteroatoms. The number of hydrogen-bond donors (Lipinski definition) is 2. The lowest BCUT2D eigenvalue weighted by Gasteiger charge is -2.13. The second-order valence-electron chi connectivity index (χ2n) is 7.14. The van der Waals surface area contributed by atoms with Gasteiger partial charge in [0.25, 0.3) is 0 Å². The second kappa shape index (κ2) is 10.9. The lowest BCUT2D eigenvalue weighted by atomic mass is 10.00. The monoisotopic (exact) mass is 503 g/mol. The second-order valence-corrected chi connectivity index (χ2v) is 8.55. The van der Waals surface area contributed by atoms with Gasteiger partial charge in [-0.05, 0) is 42.0 Å². The van der Waals surface area contributed by atoms with Gasteiger partial charge in [0, 0.05) is 21.9 Å². The van der Waals surface area contributed by atoms with E-state index >= 15 is 0 Å². The molecule has 0 unspecified atom stereocenters. The molecule has 4 aromatic rings. The maximum absolute atomic E-state index is 10.0. The number of hydrogen-bond acceptors (Lipinski definition) is 8. The van der Waals surface area contributed by atoms with Crippen molar-refractivity contribution in [3.8, 4) is 34.3 Å². The van der Waals surface area contributed by atoms with Crippen LogP contribution in [-0.2, 0) is 5.75 Å². The molecule has 3 N–H and O–H groups in total. The molecule has 0 aliphatic heterocycles. The molecule has 2 heterocycles. The molecule has 0 spiro atoms. The van der Waals surface area contributed by atoms with Crippen LogP contribution >= 0.6 is 23.4 Å². The van der Waals surface area contributed by atoms with E-state index in [1.165, 1.54) is 18.2 Å². The highest BCUT2D eigenvalue weighted by Crippen LogP contribution is 2.42. The Morgan fingerprint density at radius 3 is 2.54 bits per heavy atom. The molecule has 8 nitrogen and oxygen atoms in total. The van der Waals surface area contributed by atoms with Crippen molar-refractivity contribution in [1.82, 2.24) is 9.97 Å². The number of nitrogen functional groups attached to an aromatic ring is 1. The Hall–Kier alpha value is -4.02. The van der Waals surface area contributed by atoms with Gasteiger partial charge in [0.2, 0.25) is 5.69 Å². The van der Waals surface area contributed by atoms with Gasteiger partial charge in [0.1, 0.15) is 29.3 Å². The SMILES string of the molecule is [C-]#[N+]c1c(N)nc(SCc2ncoc2-c2ccc(Cl)cc2)c(C#N)c1-c1ccc(OCCO)cc1. The standard InChI is InChI=1S/C25H18ClN5O3S/c1-29-22-21(15-4-8-18(9-5-15)33-11-10-32)19(12-27)25(31-24(22)28)35-13-20-23(34-14-30-20)16-2-6-17(26)7-3-16/h2-9,14,32H,10-11,13H2,(H2,28,31). The van der Waals surface area contributed by atoms with Gasteiger partial charge in [-0.1, -0.05) is 35.5 Å². The highest BCUT2D eigenvalue weighted by Gasteiger charge is 2.22. The molecule has 0 aliphatic carbocycles. The van der Waals surface area contributed by atoms with Crippen LogP contribution in [0.4, 0.5) is 11.5 Å². The van der Waals surface area contributed by atoms with Crippen LogP contribution in [0.3, 0.4) is 0 Å². The van der Waals surface area contributed by atoms with E-state index < -0.39 is 0 Å². The fraction of sp³-hybridized carbons (Fsp3) is 0.120. The number of benzene rings is 2. The number of aliphatic hydroxyl groups excluding tert-OH is 1. The highest BCUT2D eigenvalue weighted by atomic mass is 35.5. The van der Waals surface area contributed by atoms with Crippen molar-refractivity contribution in [2.24, 2.45) is 0 Å². The molecular weight excluding hydrogens is 486 g/mol. The largest absolute Gasteiger partial charge is 0.491 e. The Morgan fingerprint density at radius 1 is 1.17 bits per heavy atom. The minimum atomic E-state index is -0.102. The Balaban J connectivity index is 1.68. The molecule has 0 fully saturated rings. The number of oxazole rings is 1. The van der Waals surface area contributed by atoms with Crippen molar-refractivity contribution >= 4 is 34.9 Å². The molecule has 0 aliphatic rings. The van der Waals surface area contributed by atoms with Crippen molar-refractivity contribution in [3.63, 3.8) is 0 Å². The fourth-order valence-corrected chi connectivity index (χ4v) is 4.46. The average molecular weight is 504 g/mol. The number of nitriles is 1. The van der Waals surface area contributed by atoms with E-state index in [1.807, 2.05) is 12.1 Å². The molecule has 174 valence electrons. The van der Waals surface area contributed by atoms with Gasteiger partial charge in [-0.25, -0.2) is 14.8 Å². The fourth-order valence-electron chi connectivity index (χ4n) is 3.40. The molecule has 0 saturated heterocycles. The summed E-state index contributed by atoms with van der Waals surface area (Å²) in [4.78, 5) is 12.2.